The lowest BCUT2D eigenvalue weighted by molar-refractivity contribution is -0.143. The Bertz CT molecular complexity index is 926. The van der Waals surface area contributed by atoms with E-state index < -0.39 is 39.7 Å². The molecule has 3 aromatic rings. The molecular weight excluding hydrogens is 387 g/mol. The number of rotatable bonds is 1. The molecular formula is C11H3Cl2F6N5. The molecule has 3 heterocycles. The molecule has 3 aromatic heterocycles. The van der Waals surface area contributed by atoms with E-state index >= 15 is 0 Å². The normalized spacial score (nSPS) is 13.0. The Balaban J connectivity index is 2.35. The Kier molecular flexibility index (Phi) is 3.68. The molecule has 0 aromatic carbocycles. The van der Waals surface area contributed by atoms with Crippen molar-refractivity contribution in [3.8, 4) is 5.69 Å². The van der Waals surface area contributed by atoms with Gasteiger partial charge in [0.1, 0.15) is 11.4 Å². The van der Waals surface area contributed by atoms with E-state index in [-0.39, 0.29) is 16.4 Å². The molecule has 0 atom stereocenters. The lowest BCUT2D eigenvalue weighted by Crippen LogP contribution is -2.15. The van der Waals surface area contributed by atoms with E-state index in [2.05, 4.69) is 15.2 Å². The average molecular weight is 390 g/mol. The number of nitrogens with zero attached hydrogens (tertiary/aromatic N) is 5. The van der Waals surface area contributed by atoms with Crippen LogP contribution in [-0.2, 0) is 12.4 Å². The molecule has 0 spiro atoms. The van der Waals surface area contributed by atoms with E-state index in [1.54, 1.807) is 0 Å². The van der Waals surface area contributed by atoms with Crippen molar-refractivity contribution in [1.29, 1.82) is 0 Å². The van der Waals surface area contributed by atoms with E-state index in [9.17, 15) is 26.3 Å². The summed E-state index contributed by atoms with van der Waals surface area (Å²) < 4.78 is 78.4. The second kappa shape index (κ2) is 5.24. The molecule has 5 nitrogen and oxygen atoms in total. The maximum absolute atomic E-state index is 13.1. The fourth-order valence-electron chi connectivity index (χ4n) is 1.94. The van der Waals surface area contributed by atoms with Gasteiger partial charge in [0.2, 0.25) is 0 Å². The van der Waals surface area contributed by atoms with Crippen LogP contribution in [0.15, 0.2) is 18.3 Å². The van der Waals surface area contributed by atoms with Gasteiger partial charge in [-0.05, 0) is 0 Å². The van der Waals surface area contributed by atoms with Crippen LogP contribution in [0, 0.1) is 0 Å². The molecule has 0 amide bonds. The summed E-state index contributed by atoms with van der Waals surface area (Å²) in [4.78, 5) is 3.74. The van der Waals surface area contributed by atoms with E-state index in [4.69, 9.17) is 23.2 Å². The zero-order valence-electron chi connectivity index (χ0n) is 11.0. The highest BCUT2D eigenvalue weighted by molar-refractivity contribution is 6.36. The van der Waals surface area contributed by atoms with Gasteiger partial charge in [0, 0.05) is 12.1 Å². The molecule has 0 aliphatic rings. The van der Waals surface area contributed by atoms with Crippen LogP contribution in [0.5, 0.6) is 0 Å². The predicted octanol–water partition coefficient (Wildman–Crippen LogP) is 4.26. The Morgan fingerprint density at radius 1 is 1.00 bits per heavy atom. The molecule has 0 aliphatic heterocycles. The molecule has 0 N–H and O–H groups in total. The maximum Gasteiger partial charge on any atom is 0.435 e. The van der Waals surface area contributed by atoms with Crippen LogP contribution in [0.1, 0.15) is 11.4 Å². The third kappa shape index (κ3) is 2.67. The summed E-state index contributed by atoms with van der Waals surface area (Å²) in [6.07, 6.45) is -8.99. The molecule has 13 heteroatoms. The number of hydrogen-bond donors (Lipinski definition) is 0. The zero-order chi connectivity index (χ0) is 17.9. The van der Waals surface area contributed by atoms with E-state index in [0.29, 0.717) is 0 Å². The predicted molar refractivity (Wildman–Crippen MR) is 70.1 cm³/mol. The first-order valence-electron chi connectivity index (χ1n) is 5.93. The summed E-state index contributed by atoms with van der Waals surface area (Å²) in [6, 6.07) is 1.22. The van der Waals surface area contributed by atoms with E-state index in [0.717, 1.165) is 4.52 Å². The summed E-state index contributed by atoms with van der Waals surface area (Å²) in [5, 5.41) is 5.63. The fourth-order valence-corrected chi connectivity index (χ4v) is 2.54. The minimum absolute atomic E-state index is 0.0401. The first kappa shape index (κ1) is 16.8. The van der Waals surface area contributed by atoms with Gasteiger partial charge in [-0.15, -0.1) is 0 Å². The lowest BCUT2D eigenvalue weighted by Gasteiger charge is -2.13. The van der Waals surface area contributed by atoms with Crippen molar-refractivity contribution >= 4 is 28.8 Å². The fraction of sp³-hybridized carbons (Fsp3) is 0.182. The molecule has 0 bridgehead atoms. The van der Waals surface area contributed by atoms with Crippen LogP contribution in [0.3, 0.4) is 0 Å². The molecule has 0 saturated carbocycles. The van der Waals surface area contributed by atoms with Gasteiger partial charge in [-0.25, -0.2) is 14.2 Å². The molecule has 0 fully saturated rings. The van der Waals surface area contributed by atoms with Crippen molar-refractivity contribution in [3.63, 3.8) is 0 Å². The first-order chi connectivity index (χ1) is 11.0. The number of aromatic nitrogens is 5. The van der Waals surface area contributed by atoms with Gasteiger partial charge in [0.25, 0.3) is 0 Å². The van der Waals surface area contributed by atoms with Gasteiger partial charge in [-0.1, -0.05) is 23.2 Å². The third-order valence-corrected chi connectivity index (χ3v) is 3.52. The Morgan fingerprint density at radius 2 is 1.67 bits per heavy atom. The SMILES string of the molecule is FC(F)(F)c1cc(C(F)(F)F)n(-c2c(Cl)nc3ccnn3c2Cl)n1. The van der Waals surface area contributed by atoms with Gasteiger partial charge in [-0.2, -0.15) is 36.5 Å². The molecule has 128 valence electrons. The van der Waals surface area contributed by atoms with E-state index in [1.165, 1.54) is 12.3 Å². The molecule has 0 unspecified atom stereocenters. The Hall–Kier alpha value is -2.01. The van der Waals surface area contributed by atoms with Crippen LogP contribution in [0.4, 0.5) is 26.3 Å². The summed E-state index contributed by atoms with van der Waals surface area (Å²) in [5.74, 6) is 0. The number of hydrogen-bond acceptors (Lipinski definition) is 3. The standard InChI is InChI=1S/C11H3Cl2F6N5/c12-8-7(9(13)24-6(21-8)1-2-20-24)23-5(11(17,18)19)3-4(22-23)10(14,15)16/h1-3H. The second-order valence-electron chi connectivity index (χ2n) is 4.47. The van der Waals surface area contributed by atoms with Crippen LogP contribution in [-0.4, -0.2) is 24.4 Å². The van der Waals surface area contributed by atoms with Crippen molar-refractivity contribution in [3.05, 3.63) is 40.0 Å². The number of alkyl halides is 6. The van der Waals surface area contributed by atoms with Crippen molar-refractivity contribution in [1.82, 2.24) is 24.4 Å². The van der Waals surface area contributed by atoms with Crippen LogP contribution >= 0.6 is 23.2 Å². The second-order valence-corrected chi connectivity index (χ2v) is 5.18. The van der Waals surface area contributed by atoms with Crippen LogP contribution in [0.25, 0.3) is 11.3 Å². The highest BCUT2D eigenvalue weighted by Gasteiger charge is 2.43. The number of fused-ring (bicyclic) bond motifs is 1. The summed E-state index contributed by atoms with van der Waals surface area (Å²) in [7, 11) is 0. The highest BCUT2D eigenvalue weighted by Crippen LogP contribution is 2.38. The average Bonchev–Trinajstić information content (AvgIpc) is 3.03. The molecule has 24 heavy (non-hydrogen) atoms. The maximum atomic E-state index is 13.1. The van der Waals surface area contributed by atoms with E-state index in [1.807, 2.05) is 0 Å². The summed E-state index contributed by atoms with van der Waals surface area (Å²) in [5.41, 5.74) is -4.02. The van der Waals surface area contributed by atoms with Gasteiger partial charge in [0.05, 0.1) is 6.20 Å². The van der Waals surface area contributed by atoms with Crippen LogP contribution in [0.2, 0.25) is 10.3 Å². The first-order valence-corrected chi connectivity index (χ1v) is 6.69. The van der Waals surface area contributed by atoms with Crippen LogP contribution < -0.4 is 0 Å². The molecule has 3 rings (SSSR count). The Morgan fingerprint density at radius 3 is 2.25 bits per heavy atom. The molecule has 0 radical (unpaired) electrons. The summed E-state index contributed by atoms with van der Waals surface area (Å²) in [6.45, 7) is 0. The third-order valence-electron chi connectivity index (χ3n) is 2.91. The number of halogens is 8. The van der Waals surface area contributed by atoms with Crippen molar-refractivity contribution in [2.24, 2.45) is 0 Å². The molecule has 0 aliphatic carbocycles. The zero-order valence-corrected chi connectivity index (χ0v) is 12.5. The topological polar surface area (TPSA) is 48.0 Å². The quantitative estimate of drug-likeness (QED) is 0.461. The minimum Gasteiger partial charge on any atom is -0.222 e. The van der Waals surface area contributed by atoms with Gasteiger partial charge < -0.3 is 0 Å². The summed E-state index contributed by atoms with van der Waals surface area (Å²) >= 11 is 11.7. The van der Waals surface area contributed by atoms with Gasteiger partial charge in [-0.3, -0.25) is 0 Å². The Labute approximate surface area is 138 Å². The van der Waals surface area contributed by atoms with Crippen molar-refractivity contribution in [2.45, 2.75) is 12.4 Å². The van der Waals surface area contributed by atoms with Gasteiger partial charge >= 0.3 is 12.4 Å². The monoisotopic (exact) mass is 389 g/mol. The van der Waals surface area contributed by atoms with Crippen molar-refractivity contribution < 1.29 is 26.3 Å². The minimum atomic E-state index is -5.14. The van der Waals surface area contributed by atoms with Crippen molar-refractivity contribution in [2.75, 3.05) is 0 Å². The highest BCUT2D eigenvalue weighted by atomic mass is 35.5. The lowest BCUT2D eigenvalue weighted by atomic mass is 10.3. The largest absolute Gasteiger partial charge is 0.435 e. The smallest absolute Gasteiger partial charge is 0.222 e. The molecule has 0 saturated heterocycles. The van der Waals surface area contributed by atoms with Gasteiger partial charge in [0.15, 0.2) is 21.6 Å².